The van der Waals surface area contributed by atoms with E-state index in [1.165, 1.54) is 5.57 Å². The van der Waals surface area contributed by atoms with Crippen molar-refractivity contribution in [2.24, 2.45) is 28.6 Å². The highest BCUT2D eigenvalue weighted by molar-refractivity contribution is 5.98. The van der Waals surface area contributed by atoms with E-state index in [9.17, 15) is 9.59 Å². The van der Waals surface area contributed by atoms with Gasteiger partial charge < -0.3 is 4.74 Å². The standard InChI is InChI=1S/C19H24O3/c1-18-8-7-13-11(12(18)5-6-15(18)21)4-3-10-9-14(20)16-17(22-16)19(10,13)2/h9,11-13,16-17H,3-8H2,1-2H3/t11-,12-,13-,16-,17?,18-,19-/m0/s1. The SMILES string of the molecule is C[C@]12CC[C@H]3[C@@H](CCC4=CC(=O)[C@@H]5OC5[C@@]43C)[C@@H]1CCC2=O. The summed E-state index contributed by atoms with van der Waals surface area (Å²) in [4.78, 5) is 24.4. The zero-order valence-electron chi connectivity index (χ0n) is 13.4. The van der Waals surface area contributed by atoms with Crippen LogP contribution in [0.1, 0.15) is 52.4 Å². The largest absolute Gasteiger partial charge is 0.360 e. The van der Waals surface area contributed by atoms with Crippen LogP contribution in [0.2, 0.25) is 0 Å². The smallest absolute Gasteiger partial charge is 0.187 e. The zero-order chi connectivity index (χ0) is 15.3. The molecule has 118 valence electrons. The summed E-state index contributed by atoms with van der Waals surface area (Å²) in [5, 5.41) is 0. The summed E-state index contributed by atoms with van der Waals surface area (Å²) in [6, 6.07) is 0. The van der Waals surface area contributed by atoms with Gasteiger partial charge in [-0.15, -0.1) is 0 Å². The predicted molar refractivity (Wildman–Crippen MR) is 81.1 cm³/mol. The zero-order valence-corrected chi connectivity index (χ0v) is 13.4. The quantitative estimate of drug-likeness (QED) is 0.646. The second-order valence-electron chi connectivity index (χ2n) is 8.67. The van der Waals surface area contributed by atoms with Crippen LogP contribution in [0.3, 0.4) is 0 Å². The monoisotopic (exact) mass is 300 g/mol. The van der Waals surface area contributed by atoms with Gasteiger partial charge in [0.05, 0.1) is 0 Å². The molecular formula is C19H24O3. The lowest BCUT2D eigenvalue weighted by Gasteiger charge is -2.56. The molecule has 0 N–H and O–H groups in total. The van der Waals surface area contributed by atoms with Gasteiger partial charge in [-0.25, -0.2) is 0 Å². The maximum absolute atomic E-state index is 12.4. The first-order valence-corrected chi connectivity index (χ1v) is 8.90. The Morgan fingerprint density at radius 2 is 1.91 bits per heavy atom. The number of hydrogen-bond acceptors (Lipinski definition) is 3. The lowest BCUT2D eigenvalue weighted by atomic mass is 9.47. The number of fused-ring (bicyclic) bond motifs is 7. The Morgan fingerprint density at radius 1 is 1.09 bits per heavy atom. The summed E-state index contributed by atoms with van der Waals surface area (Å²) < 4.78 is 5.80. The number of hydrogen-bond donors (Lipinski definition) is 0. The summed E-state index contributed by atoms with van der Waals surface area (Å²) >= 11 is 0. The summed E-state index contributed by atoms with van der Waals surface area (Å²) in [6.45, 7) is 4.56. The van der Waals surface area contributed by atoms with Crippen LogP contribution in [0.15, 0.2) is 11.6 Å². The van der Waals surface area contributed by atoms with Crippen molar-refractivity contribution in [3.05, 3.63) is 11.6 Å². The van der Waals surface area contributed by atoms with Crippen LogP contribution >= 0.6 is 0 Å². The molecule has 3 nitrogen and oxygen atoms in total. The summed E-state index contributed by atoms with van der Waals surface area (Å²) in [5.74, 6) is 2.49. The fourth-order valence-corrected chi connectivity index (χ4v) is 6.70. The van der Waals surface area contributed by atoms with Crippen LogP contribution in [0, 0.1) is 28.6 Å². The third kappa shape index (κ3) is 1.38. The van der Waals surface area contributed by atoms with E-state index in [0.29, 0.717) is 23.5 Å². The summed E-state index contributed by atoms with van der Waals surface area (Å²) in [7, 11) is 0. The van der Waals surface area contributed by atoms with Gasteiger partial charge in [0.2, 0.25) is 0 Å². The highest BCUT2D eigenvalue weighted by atomic mass is 16.6. The van der Waals surface area contributed by atoms with Crippen LogP contribution in [0.5, 0.6) is 0 Å². The van der Waals surface area contributed by atoms with E-state index in [2.05, 4.69) is 13.8 Å². The van der Waals surface area contributed by atoms with Crippen LogP contribution in [0.4, 0.5) is 0 Å². The minimum absolute atomic E-state index is 0.0501. The van der Waals surface area contributed by atoms with E-state index in [1.807, 2.05) is 6.08 Å². The normalized spacial score (nSPS) is 55.7. The Labute approximate surface area is 131 Å². The molecule has 5 aliphatic rings. The molecule has 3 heteroatoms. The molecule has 1 heterocycles. The van der Waals surface area contributed by atoms with E-state index in [0.717, 1.165) is 38.5 Å². The first-order valence-electron chi connectivity index (χ1n) is 8.90. The van der Waals surface area contributed by atoms with Gasteiger partial charge >= 0.3 is 0 Å². The molecular weight excluding hydrogens is 276 g/mol. The molecule has 7 atom stereocenters. The Kier molecular flexibility index (Phi) is 2.40. The van der Waals surface area contributed by atoms with E-state index in [1.54, 1.807) is 0 Å². The van der Waals surface area contributed by atoms with Crippen LogP contribution in [-0.2, 0) is 14.3 Å². The fourth-order valence-electron chi connectivity index (χ4n) is 6.70. The Balaban J connectivity index is 1.56. The number of Topliss-reactive ketones (excluding diaryl/α,β-unsaturated/α-hetero) is 1. The molecule has 4 aliphatic carbocycles. The molecule has 0 spiro atoms. The third-order valence-electron chi connectivity index (χ3n) is 8.03. The number of ketones is 2. The highest BCUT2D eigenvalue weighted by Crippen LogP contribution is 2.66. The number of carbonyl (C=O) groups is 2. The Bertz CT molecular complexity index is 620. The minimum Gasteiger partial charge on any atom is -0.360 e. The average molecular weight is 300 g/mol. The molecule has 22 heavy (non-hydrogen) atoms. The molecule has 3 saturated carbocycles. The predicted octanol–water partition coefficient (Wildman–Crippen LogP) is 3.07. The Morgan fingerprint density at radius 3 is 2.73 bits per heavy atom. The molecule has 0 aromatic heterocycles. The Hall–Kier alpha value is -0.960. The van der Waals surface area contributed by atoms with Crippen molar-refractivity contribution < 1.29 is 14.3 Å². The topological polar surface area (TPSA) is 46.7 Å². The van der Waals surface area contributed by atoms with Gasteiger partial charge in [-0.2, -0.15) is 0 Å². The van der Waals surface area contributed by atoms with Gasteiger partial charge in [0.1, 0.15) is 18.0 Å². The highest BCUT2D eigenvalue weighted by Gasteiger charge is 2.67. The van der Waals surface area contributed by atoms with Crippen LogP contribution < -0.4 is 0 Å². The van der Waals surface area contributed by atoms with Crippen molar-refractivity contribution in [3.8, 4) is 0 Å². The van der Waals surface area contributed by atoms with Crippen molar-refractivity contribution in [2.45, 2.75) is 64.6 Å². The average Bonchev–Trinajstić information content (AvgIpc) is 3.24. The molecule has 0 amide bonds. The van der Waals surface area contributed by atoms with E-state index in [-0.39, 0.29) is 28.8 Å². The van der Waals surface area contributed by atoms with Crippen molar-refractivity contribution in [3.63, 3.8) is 0 Å². The molecule has 1 aliphatic heterocycles. The van der Waals surface area contributed by atoms with Crippen molar-refractivity contribution in [2.75, 3.05) is 0 Å². The molecule has 0 bridgehead atoms. The molecule has 0 aromatic rings. The maximum Gasteiger partial charge on any atom is 0.187 e. The third-order valence-corrected chi connectivity index (χ3v) is 8.03. The van der Waals surface area contributed by atoms with Gasteiger partial charge in [-0.05, 0) is 55.9 Å². The number of ether oxygens (including phenoxy) is 1. The number of carbonyl (C=O) groups excluding carboxylic acids is 2. The number of rotatable bonds is 0. The van der Waals surface area contributed by atoms with Gasteiger partial charge in [0.15, 0.2) is 5.78 Å². The second-order valence-corrected chi connectivity index (χ2v) is 8.67. The van der Waals surface area contributed by atoms with Crippen LogP contribution in [0.25, 0.3) is 0 Å². The van der Waals surface area contributed by atoms with Crippen molar-refractivity contribution >= 4 is 11.6 Å². The lowest BCUT2D eigenvalue weighted by Crippen LogP contribution is -2.53. The summed E-state index contributed by atoms with van der Waals surface area (Å²) in [5.41, 5.74) is 1.33. The van der Waals surface area contributed by atoms with Crippen LogP contribution in [-0.4, -0.2) is 23.8 Å². The molecule has 0 aromatic carbocycles. The van der Waals surface area contributed by atoms with E-state index >= 15 is 0 Å². The maximum atomic E-state index is 12.4. The molecule has 4 fully saturated rings. The van der Waals surface area contributed by atoms with Crippen molar-refractivity contribution in [1.82, 2.24) is 0 Å². The first-order chi connectivity index (χ1) is 10.5. The first kappa shape index (κ1) is 13.5. The van der Waals surface area contributed by atoms with E-state index in [4.69, 9.17) is 4.74 Å². The second kappa shape index (κ2) is 3.92. The molecule has 5 rings (SSSR count). The van der Waals surface area contributed by atoms with Gasteiger partial charge in [0.25, 0.3) is 0 Å². The van der Waals surface area contributed by atoms with Gasteiger partial charge in [-0.1, -0.05) is 19.4 Å². The van der Waals surface area contributed by atoms with Gasteiger partial charge in [-0.3, -0.25) is 9.59 Å². The summed E-state index contributed by atoms with van der Waals surface area (Å²) in [6.07, 6.45) is 8.06. The van der Waals surface area contributed by atoms with Crippen molar-refractivity contribution in [1.29, 1.82) is 0 Å². The fraction of sp³-hybridized carbons (Fsp3) is 0.789. The lowest BCUT2D eigenvalue weighted by molar-refractivity contribution is -0.132. The molecule has 1 saturated heterocycles. The van der Waals surface area contributed by atoms with E-state index < -0.39 is 0 Å². The minimum atomic E-state index is -0.161. The number of epoxide rings is 1. The molecule has 1 unspecified atom stereocenters. The molecule has 0 radical (unpaired) electrons. The van der Waals surface area contributed by atoms with Gasteiger partial charge in [0, 0.05) is 17.3 Å².